The van der Waals surface area contributed by atoms with Gasteiger partial charge in [-0.1, -0.05) is 18.2 Å². The largest absolute Gasteiger partial charge is 0.396 e. The zero-order chi connectivity index (χ0) is 10.9. The lowest BCUT2D eigenvalue weighted by molar-refractivity contribution is -0.147. The van der Waals surface area contributed by atoms with Crippen molar-refractivity contribution in [3.63, 3.8) is 0 Å². The molecule has 1 saturated heterocycles. The Bertz CT molecular complexity index is 365. The molecule has 0 bridgehead atoms. The second-order valence-corrected chi connectivity index (χ2v) is 3.73. The van der Waals surface area contributed by atoms with E-state index in [2.05, 4.69) is 0 Å². The van der Waals surface area contributed by atoms with Gasteiger partial charge < -0.3 is 15.1 Å². The fraction of sp³-hybridized carbons (Fsp3) is 0.364. The number of β-amino-alcohol motifs (C(OH)–C–C–N with tert-alkyl or cyclic N) is 1. The van der Waals surface area contributed by atoms with Gasteiger partial charge in [-0.15, -0.1) is 0 Å². The molecular weight excluding hydrogens is 194 g/mol. The van der Waals surface area contributed by atoms with Crippen LogP contribution in [0.5, 0.6) is 0 Å². The number of hydrogen-bond donors (Lipinski definition) is 2. The van der Waals surface area contributed by atoms with Crippen LogP contribution in [0.2, 0.25) is 0 Å². The van der Waals surface area contributed by atoms with Gasteiger partial charge in [0.05, 0.1) is 6.54 Å². The number of anilines is 1. The number of carbonyl (C=O) groups excluding carboxylic acids is 1. The molecule has 0 aliphatic carbocycles. The highest BCUT2D eigenvalue weighted by Crippen LogP contribution is 2.30. The van der Waals surface area contributed by atoms with Crippen LogP contribution in [0.3, 0.4) is 0 Å². The molecule has 1 aromatic carbocycles. The Kier molecular flexibility index (Phi) is 2.46. The molecule has 80 valence electrons. The molecule has 1 aliphatic rings. The molecule has 2 rings (SSSR count). The van der Waals surface area contributed by atoms with E-state index in [1.54, 1.807) is 0 Å². The number of aliphatic hydroxyl groups is 2. The fourth-order valence-electron chi connectivity index (χ4n) is 1.75. The summed E-state index contributed by atoms with van der Waals surface area (Å²) >= 11 is 0. The van der Waals surface area contributed by atoms with Crippen LogP contribution in [0.25, 0.3) is 0 Å². The van der Waals surface area contributed by atoms with Gasteiger partial charge in [0.2, 0.25) is 0 Å². The summed E-state index contributed by atoms with van der Waals surface area (Å²) in [6.45, 7) is 0.0846. The summed E-state index contributed by atoms with van der Waals surface area (Å²) < 4.78 is 0. The summed E-state index contributed by atoms with van der Waals surface area (Å²) in [7, 11) is 0. The molecule has 1 fully saturated rings. The Labute approximate surface area is 87.8 Å². The van der Waals surface area contributed by atoms with Crippen LogP contribution in [0, 0.1) is 0 Å². The van der Waals surface area contributed by atoms with E-state index in [0.29, 0.717) is 0 Å². The van der Waals surface area contributed by atoms with E-state index >= 15 is 0 Å². The highest BCUT2D eigenvalue weighted by molar-refractivity contribution is 6.06. The Balaban J connectivity index is 2.10. The molecule has 4 nitrogen and oxygen atoms in total. The van der Waals surface area contributed by atoms with Gasteiger partial charge in [-0.25, -0.2) is 0 Å². The lowest BCUT2D eigenvalue weighted by atomic mass is 9.89. The van der Waals surface area contributed by atoms with Gasteiger partial charge in [0.1, 0.15) is 0 Å². The lowest BCUT2D eigenvalue weighted by Gasteiger charge is -2.44. The van der Waals surface area contributed by atoms with Gasteiger partial charge in [-0.05, 0) is 12.1 Å². The second-order valence-electron chi connectivity index (χ2n) is 3.73. The Morgan fingerprint density at radius 3 is 2.53 bits per heavy atom. The number of rotatable bonds is 3. The number of nitrogens with zero attached hydrogens (tertiary/aromatic N) is 1. The van der Waals surface area contributed by atoms with Crippen molar-refractivity contribution >= 4 is 11.6 Å². The number of β-lactam (4-membered cyclic amide) rings is 1. The first kappa shape index (κ1) is 10.1. The maximum absolute atomic E-state index is 11.6. The molecule has 2 N–H and O–H groups in total. The van der Waals surface area contributed by atoms with Crippen molar-refractivity contribution in [2.75, 3.05) is 18.1 Å². The number of aliphatic hydroxyl groups excluding tert-OH is 1. The zero-order valence-corrected chi connectivity index (χ0v) is 8.26. The smallest absolute Gasteiger partial charge is 0.261 e. The van der Waals surface area contributed by atoms with Gasteiger partial charge >= 0.3 is 0 Å². The maximum atomic E-state index is 11.6. The summed E-state index contributed by atoms with van der Waals surface area (Å²) in [5, 5.41) is 18.5. The highest BCUT2D eigenvalue weighted by Gasteiger charge is 2.50. The Hall–Kier alpha value is -1.39. The number of carbonyl (C=O) groups is 1. The first-order chi connectivity index (χ1) is 7.17. The van der Waals surface area contributed by atoms with Crippen molar-refractivity contribution in [1.29, 1.82) is 0 Å². The van der Waals surface area contributed by atoms with Crippen LogP contribution in [-0.4, -0.2) is 34.9 Å². The minimum absolute atomic E-state index is 0.106. The third-order valence-electron chi connectivity index (χ3n) is 2.66. The first-order valence-electron chi connectivity index (χ1n) is 4.88. The number of amides is 1. The van der Waals surface area contributed by atoms with Gasteiger partial charge in [-0.2, -0.15) is 0 Å². The summed E-state index contributed by atoms with van der Waals surface area (Å²) in [4.78, 5) is 13.1. The molecule has 4 heteroatoms. The van der Waals surface area contributed by atoms with Gasteiger partial charge in [0.25, 0.3) is 5.91 Å². The van der Waals surface area contributed by atoms with Crippen molar-refractivity contribution in [1.82, 2.24) is 0 Å². The summed E-state index contributed by atoms with van der Waals surface area (Å²) in [5.74, 6) is -0.331. The molecule has 0 saturated carbocycles. The van der Waals surface area contributed by atoms with Gasteiger partial charge in [-0.3, -0.25) is 4.79 Å². The summed E-state index contributed by atoms with van der Waals surface area (Å²) in [6.07, 6.45) is 0.106. The number of benzene rings is 1. The average molecular weight is 207 g/mol. The summed E-state index contributed by atoms with van der Waals surface area (Å²) in [6, 6.07) is 9.18. The molecule has 15 heavy (non-hydrogen) atoms. The number of hydrogen-bond acceptors (Lipinski definition) is 3. The van der Waals surface area contributed by atoms with Crippen LogP contribution in [0.15, 0.2) is 30.3 Å². The van der Waals surface area contributed by atoms with Crippen LogP contribution in [0.1, 0.15) is 6.42 Å². The van der Waals surface area contributed by atoms with Crippen LogP contribution >= 0.6 is 0 Å². The van der Waals surface area contributed by atoms with Gasteiger partial charge in [0, 0.05) is 18.7 Å². The van der Waals surface area contributed by atoms with Crippen LogP contribution in [-0.2, 0) is 4.79 Å². The van der Waals surface area contributed by atoms with Crippen molar-refractivity contribution < 1.29 is 15.0 Å². The molecule has 1 aliphatic heterocycles. The standard InChI is InChI=1S/C11H13NO3/c13-7-6-11(15)8-12(10(11)14)9-4-2-1-3-5-9/h1-5,13,15H,6-8H2. The zero-order valence-electron chi connectivity index (χ0n) is 8.26. The SMILES string of the molecule is O=C1N(c2ccccc2)CC1(O)CCO. The van der Waals surface area contributed by atoms with E-state index in [4.69, 9.17) is 5.11 Å². The third-order valence-corrected chi connectivity index (χ3v) is 2.66. The predicted octanol–water partition coefficient (Wildman–Crippen LogP) is 0.147. The van der Waals surface area contributed by atoms with Crippen molar-refractivity contribution in [3.8, 4) is 0 Å². The second kappa shape index (κ2) is 3.64. The average Bonchev–Trinajstić information content (AvgIpc) is 2.27. The molecule has 1 unspecified atom stereocenters. The van der Waals surface area contributed by atoms with E-state index in [9.17, 15) is 9.90 Å². The molecular formula is C11H13NO3. The van der Waals surface area contributed by atoms with E-state index in [0.717, 1.165) is 5.69 Å². The molecule has 1 atom stereocenters. The first-order valence-corrected chi connectivity index (χ1v) is 4.88. The minimum Gasteiger partial charge on any atom is -0.396 e. The predicted molar refractivity (Wildman–Crippen MR) is 55.4 cm³/mol. The molecule has 1 aromatic rings. The Morgan fingerprint density at radius 1 is 1.33 bits per heavy atom. The number of para-hydroxylation sites is 1. The van der Waals surface area contributed by atoms with E-state index in [1.807, 2.05) is 30.3 Å². The quantitative estimate of drug-likeness (QED) is 0.693. The van der Waals surface area contributed by atoms with Crippen LogP contribution in [0.4, 0.5) is 5.69 Å². The fourth-order valence-corrected chi connectivity index (χ4v) is 1.75. The van der Waals surface area contributed by atoms with Crippen molar-refractivity contribution in [2.45, 2.75) is 12.0 Å². The van der Waals surface area contributed by atoms with E-state index < -0.39 is 5.60 Å². The van der Waals surface area contributed by atoms with Gasteiger partial charge in [0.15, 0.2) is 5.60 Å². The maximum Gasteiger partial charge on any atom is 0.261 e. The topological polar surface area (TPSA) is 60.8 Å². The van der Waals surface area contributed by atoms with E-state index in [1.165, 1.54) is 4.90 Å². The molecule has 0 spiro atoms. The lowest BCUT2D eigenvalue weighted by Crippen LogP contribution is -2.67. The van der Waals surface area contributed by atoms with E-state index in [-0.39, 0.29) is 25.5 Å². The van der Waals surface area contributed by atoms with Crippen molar-refractivity contribution in [3.05, 3.63) is 30.3 Å². The minimum atomic E-state index is -1.36. The van der Waals surface area contributed by atoms with Crippen LogP contribution < -0.4 is 4.90 Å². The molecule has 1 heterocycles. The third kappa shape index (κ3) is 1.62. The molecule has 0 radical (unpaired) electrons. The van der Waals surface area contributed by atoms with Crippen molar-refractivity contribution in [2.24, 2.45) is 0 Å². The Morgan fingerprint density at radius 2 is 2.00 bits per heavy atom. The summed E-state index contributed by atoms with van der Waals surface area (Å²) in [5.41, 5.74) is -0.574. The monoisotopic (exact) mass is 207 g/mol. The highest BCUT2D eigenvalue weighted by atomic mass is 16.3. The molecule has 1 amide bonds. The molecule has 0 aromatic heterocycles. The normalized spacial score (nSPS) is 25.2.